The van der Waals surface area contributed by atoms with E-state index >= 15 is 0 Å². The Bertz CT molecular complexity index is 629. The fourth-order valence-corrected chi connectivity index (χ4v) is 2.54. The first-order valence-corrected chi connectivity index (χ1v) is 7.06. The van der Waals surface area contributed by atoms with Crippen LogP contribution in [0, 0.1) is 5.41 Å². The summed E-state index contributed by atoms with van der Waals surface area (Å²) < 4.78 is 0. The molecule has 1 saturated carbocycles. The van der Waals surface area contributed by atoms with Crippen molar-refractivity contribution in [2.75, 3.05) is 13.1 Å². The van der Waals surface area contributed by atoms with Crippen LogP contribution in [0.4, 0.5) is 0 Å². The molecule has 2 aromatic rings. The molecule has 0 atom stereocenters. The summed E-state index contributed by atoms with van der Waals surface area (Å²) in [6.45, 7) is 1.09. The lowest BCUT2D eigenvalue weighted by atomic mass is 10.1. The molecular weight excluding hydrogens is 250 g/mol. The van der Waals surface area contributed by atoms with Crippen LogP contribution in [0.15, 0.2) is 36.5 Å². The summed E-state index contributed by atoms with van der Waals surface area (Å²) in [7, 11) is 0. The lowest BCUT2D eigenvalue weighted by Gasteiger charge is -2.13. The van der Waals surface area contributed by atoms with Gasteiger partial charge < -0.3 is 11.1 Å². The highest BCUT2D eigenvalue weighted by Gasteiger charge is 2.48. The maximum Gasteiger partial charge on any atom is 0.227 e. The standard InChI is InChI=1S/C16H19N3O/c17-11-16(7-8-16)15(20)19-10-6-13-4-1-3-12-5-2-9-18-14(12)13/h1-5,9H,6-8,10-11,17H2,(H,19,20). The Morgan fingerprint density at radius 1 is 1.30 bits per heavy atom. The molecule has 1 fully saturated rings. The molecule has 1 aliphatic rings. The zero-order valence-electron chi connectivity index (χ0n) is 11.4. The maximum atomic E-state index is 12.0. The SMILES string of the molecule is NCC1(C(=O)NCCc2cccc3cccnc23)CC1. The van der Waals surface area contributed by atoms with E-state index in [0.29, 0.717) is 13.1 Å². The van der Waals surface area contributed by atoms with E-state index in [0.717, 1.165) is 30.2 Å². The van der Waals surface area contributed by atoms with Gasteiger partial charge in [0.15, 0.2) is 0 Å². The first-order chi connectivity index (χ1) is 9.75. The summed E-state index contributed by atoms with van der Waals surface area (Å²) in [6.07, 6.45) is 4.44. The van der Waals surface area contributed by atoms with Crippen LogP contribution >= 0.6 is 0 Å². The van der Waals surface area contributed by atoms with E-state index in [9.17, 15) is 4.79 Å². The molecule has 1 aliphatic carbocycles. The third kappa shape index (κ3) is 2.39. The van der Waals surface area contributed by atoms with Crippen LogP contribution in [0.1, 0.15) is 18.4 Å². The van der Waals surface area contributed by atoms with Crippen LogP contribution in [0.5, 0.6) is 0 Å². The van der Waals surface area contributed by atoms with E-state index in [1.807, 2.05) is 12.1 Å². The van der Waals surface area contributed by atoms with Crippen LogP contribution in [0.2, 0.25) is 0 Å². The van der Waals surface area contributed by atoms with Gasteiger partial charge in [-0.05, 0) is 30.9 Å². The molecule has 3 N–H and O–H groups in total. The summed E-state index contributed by atoms with van der Waals surface area (Å²) in [5, 5.41) is 4.14. The number of hydrogen-bond donors (Lipinski definition) is 2. The average Bonchev–Trinajstić information content (AvgIpc) is 3.28. The largest absolute Gasteiger partial charge is 0.355 e. The highest BCUT2D eigenvalue weighted by Crippen LogP contribution is 2.44. The van der Waals surface area contributed by atoms with Gasteiger partial charge in [-0.1, -0.05) is 24.3 Å². The van der Waals surface area contributed by atoms with Gasteiger partial charge >= 0.3 is 0 Å². The summed E-state index contributed by atoms with van der Waals surface area (Å²) in [5.74, 6) is 0.105. The lowest BCUT2D eigenvalue weighted by molar-refractivity contribution is -0.125. The van der Waals surface area contributed by atoms with E-state index in [2.05, 4.69) is 28.5 Å². The van der Waals surface area contributed by atoms with Gasteiger partial charge in [0.05, 0.1) is 10.9 Å². The lowest BCUT2D eigenvalue weighted by Crippen LogP contribution is -2.37. The molecule has 104 valence electrons. The van der Waals surface area contributed by atoms with Crippen LogP contribution in [0.3, 0.4) is 0 Å². The number of fused-ring (bicyclic) bond motifs is 1. The number of carbonyl (C=O) groups excluding carboxylic acids is 1. The number of aromatic nitrogens is 1. The number of benzene rings is 1. The summed E-state index contributed by atoms with van der Waals surface area (Å²) in [6, 6.07) is 10.1. The van der Waals surface area contributed by atoms with Gasteiger partial charge in [-0.15, -0.1) is 0 Å². The number of nitrogens with zero attached hydrogens (tertiary/aromatic N) is 1. The van der Waals surface area contributed by atoms with Crippen LogP contribution in [0.25, 0.3) is 10.9 Å². The van der Waals surface area contributed by atoms with Crippen molar-refractivity contribution in [1.82, 2.24) is 10.3 Å². The number of nitrogens with one attached hydrogen (secondary N) is 1. The zero-order valence-corrected chi connectivity index (χ0v) is 11.4. The Morgan fingerprint density at radius 3 is 2.85 bits per heavy atom. The van der Waals surface area contributed by atoms with Crippen LogP contribution in [-0.4, -0.2) is 24.0 Å². The molecule has 4 heteroatoms. The van der Waals surface area contributed by atoms with E-state index < -0.39 is 0 Å². The Kier molecular flexibility index (Phi) is 3.40. The minimum absolute atomic E-state index is 0.105. The third-order valence-corrected chi connectivity index (χ3v) is 4.12. The van der Waals surface area contributed by atoms with Gasteiger partial charge in [-0.25, -0.2) is 0 Å². The molecule has 1 aromatic carbocycles. The van der Waals surface area contributed by atoms with Crippen LogP contribution in [-0.2, 0) is 11.2 Å². The van der Waals surface area contributed by atoms with E-state index in [-0.39, 0.29) is 11.3 Å². The molecule has 0 spiro atoms. The molecule has 0 unspecified atom stereocenters. The second kappa shape index (κ2) is 5.21. The number of rotatable bonds is 5. The van der Waals surface area contributed by atoms with Gasteiger partial charge in [-0.3, -0.25) is 9.78 Å². The van der Waals surface area contributed by atoms with Gasteiger partial charge in [0.1, 0.15) is 0 Å². The number of hydrogen-bond acceptors (Lipinski definition) is 3. The van der Waals surface area contributed by atoms with Crippen molar-refractivity contribution in [3.05, 3.63) is 42.1 Å². The Labute approximate surface area is 118 Å². The number of pyridine rings is 1. The van der Waals surface area contributed by atoms with E-state index in [4.69, 9.17) is 5.73 Å². The molecule has 20 heavy (non-hydrogen) atoms. The molecule has 3 rings (SSSR count). The predicted octanol–water partition coefficient (Wildman–Crippen LogP) is 1.63. The second-order valence-corrected chi connectivity index (χ2v) is 5.48. The third-order valence-electron chi connectivity index (χ3n) is 4.12. The normalized spacial score (nSPS) is 16.1. The Hall–Kier alpha value is -1.94. The molecule has 0 aliphatic heterocycles. The van der Waals surface area contributed by atoms with Crippen molar-refractivity contribution in [3.8, 4) is 0 Å². The molecule has 1 aromatic heterocycles. The molecule has 4 nitrogen and oxygen atoms in total. The van der Waals surface area contributed by atoms with Gasteiger partial charge in [-0.2, -0.15) is 0 Å². The highest BCUT2D eigenvalue weighted by atomic mass is 16.2. The number of amides is 1. The fraction of sp³-hybridized carbons (Fsp3) is 0.375. The highest BCUT2D eigenvalue weighted by molar-refractivity contribution is 5.85. The van der Waals surface area contributed by atoms with Crippen LogP contribution < -0.4 is 11.1 Å². The molecule has 0 radical (unpaired) electrons. The minimum Gasteiger partial charge on any atom is -0.355 e. The van der Waals surface area contributed by atoms with Gasteiger partial charge in [0.25, 0.3) is 0 Å². The number of carbonyl (C=O) groups is 1. The summed E-state index contributed by atoms with van der Waals surface area (Å²) in [4.78, 5) is 16.4. The number of nitrogens with two attached hydrogens (primary N) is 1. The summed E-state index contributed by atoms with van der Waals surface area (Å²) in [5.41, 5.74) is 7.57. The van der Waals surface area contributed by atoms with Gasteiger partial charge in [0, 0.05) is 24.7 Å². The van der Waals surface area contributed by atoms with Crippen molar-refractivity contribution in [2.24, 2.45) is 11.1 Å². The molecule has 0 saturated heterocycles. The van der Waals surface area contributed by atoms with Crippen molar-refractivity contribution in [1.29, 1.82) is 0 Å². The molecule has 1 heterocycles. The fourth-order valence-electron chi connectivity index (χ4n) is 2.54. The Morgan fingerprint density at radius 2 is 2.10 bits per heavy atom. The van der Waals surface area contributed by atoms with E-state index in [1.165, 1.54) is 5.56 Å². The maximum absolute atomic E-state index is 12.0. The topological polar surface area (TPSA) is 68.0 Å². The quantitative estimate of drug-likeness (QED) is 0.867. The Balaban J connectivity index is 1.64. The molecular formula is C16H19N3O. The second-order valence-electron chi connectivity index (χ2n) is 5.48. The predicted molar refractivity (Wildman–Crippen MR) is 79.2 cm³/mol. The smallest absolute Gasteiger partial charge is 0.227 e. The van der Waals surface area contributed by atoms with Crippen molar-refractivity contribution < 1.29 is 4.79 Å². The first-order valence-electron chi connectivity index (χ1n) is 7.06. The van der Waals surface area contributed by atoms with E-state index in [1.54, 1.807) is 6.20 Å². The molecule has 1 amide bonds. The first kappa shape index (κ1) is 13.1. The average molecular weight is 269 g/mol. The zero-order chi connectivity index (χ0) is 14.0. The minimum atomic E-state index is -0.267. The van der Waals surface area contributed by atoms with Gasteiger partial charge in [0.2, 0.25) is 5.91 Å². The molecule has 0 bridgehead atoms. The van der Waals surface area contributed by atoms with Crippen molar-refractivity contribution in [3.63, 3.8) is 0 Å². The monoisotopic (exact) mass is 269 g/mol. The summed E-state index contributed by atoms with van der Waals surface area (Å²) >= 11 is 0. The number of para-hydroxylation sites is 1. The van der Waals surface area contributed by atoms with Crippen molar-refractivity contribution in [2.45, 2.75) is 19.3 Å². The van der Waals surface area contributed by atoms with Crippen molar-refractivity contribution >= 4 is 16.8 Å².